The average molecular weight is 220 g/mol. The maximum atomic E-state index is 13.6. The number of hydrogen-bond acceptors (Lipinski definition) is 1. The summed E-state index contributed by atoms with van der Waals surface area (Å²) in [7, 11) is 0. The zero-order valence-electron chi connectivity index (χ0n) is 9.63. The van der Waals surface area contributed by atoms with Crippen LogP contribution in [-0.2, 0) is 0 Å². The van der Waals surface area contributed by atoms with Crippen molar-refractivity contribution in [1.29, 1.82) is 0 Å². The number of ether oxygens (including phenoxy) is 1. The number of halogens is 1. The molecule has 1 nitrogen and oxygen atoms in total. The molecular weight excluding hydrogens is 203 g/mol. The van der Waals surface area contributed by atoms with E-state index in [4.69, 9.17) is 11.2 Å². The average Bonchev–Trinajstić information content (AvgIpc) is 2.31. The SMILES string of the molecule is C#Cc1cccc(OCCCCCC)c1F. The molecule has 0 aliphatic rings. The molecule has 0 unspecified atom stereocenters. The Labute approximate surface area is 96.6 Å². The van der Waals surface area contributed by atoms with Gasteiger partial charge in [-0.3, -0.25) is 0 Å². The summed E-state index contributed by atoms with van der Waals surface area (Å²) in [5.41, 5.74) is 0.256. The Hall–Kier alpha value is -1.49. The van der Waals surface area contributed by atoms with E-state index in [9.17, 15) is 4.39 Å². The van der Waals surface area contributed by atoms with Crippen LogP contribution in [0.25, 0.3) is 0 Å². The van der Waals surface area contributed by atoms with Crippen LogP contribution in [-0.4, -0.2) is 6.61 Å². The summed E-state index contributed by atoms with van der Waals surface area (Å²) < 4.78 is 18.9. The van der Waals surface area contributed by atoms with Crippen LogP contribution in [0.3, 0.4) is 0 Å². The molecule has 0 saturated heterocycles. The van der Waals surface area contributed by atoms with Gasteiger partial charge in [0.15, 0.2) is 11.6 Å². The van der Waals surface area contributed by atoms with Crippen LogP contribution in [0, 0.1) is 18.2 Å². The van der Waals surface area contributed by atoms with Gasteiger partial charge in [0, 0.05) is 0 Å². The summed E-state index contributed by atoms with van der Waals surface area (Å²) in [6.45, 7) is 2.70. The number of terminal acetylenes is 1. The monoisotopic (exact) mass is 220 g/mol. The molecule has 0 aliphatic heterocycles. The molecule has 0 N–H and O–H groups in total. The molecule has 0 aromatic heterocycles. The van der Waals surface area contributed by atoms with E-state index in [1.54, 1.807) is 18.2 Å². The van der Waals surface area contributed by atoms with Crippen molar-refractivity contribution in [1.82, 2.24) is 0 Å². The van der Waals surface area contributed by atoms with Crippen LogP contribution in [0.4, 0.5) is 4.39 Å². The van der Waals surface area contributed by atoms with E-state index in [2.05, 4.69) is 12.8 Å². The van der Waals surface area contributed by atoms with E-state index in [1.165, 1.54) is 12.8 Å². The molecule has 0 bridgehead atoms. The van der Waals surface area contributed by atoms with Gasteiger partial charge in [0.1, 0.15) is 0 Å². The number of unbranched alkanes of at least 4 members (excludes halogenated alkanes) is 3. The molecule has 1 aromatic carbocycles. The third-order valence-electron chi connectivity index (χ3n) is 2.37. The van der Waals surface area contributed by atoms with Crippen LogP contribution >= 0.6 is 0 Å². The van der Waals surface area contributed by atoms with Crippen molar-refractivity contribution in [2.45, 2.75) is 32.6 Å². The number of benzene rings is 1. The summed E-state index contributed by atoms with van der Waals surface area (Å²) >= 11 is 0. The smallest absolute Gasteiger partial charge is 0.180 e. The first-order chi connectivity index (χ1) is 7.79. The predicted octanol–water partition coefficient (Wildman–Crippen LogP) is 3.77. The summed E-state index contributed by atoms with van der Waals surface area (Å²) in [5.74, 6) is 2.12. The molecule has 0 radical (unpaired) electrons. The Balaban J connectivity index is 2.45. The quantitative estimate of drug-likeness (QED) is 0.524. The highest BCUT2D eigenvalue weighted by atomic mass is 19.1. The van der Waals surface area contributed by atoms with E-state index < -0.39 is 5.82 Å². The minimum atomic E-state index is -0.430. The topological polar surface area (TPSA) is 9.23 Å². The van der Waals surface area contributed by atoms with Crippen LogP contribution in [0.1, 0.15) is 38.2 Å². The van der Waals surface area contributed by atoms with E-state index >= 15 is 0 Å². The fourth-order valence-corrected chi connectivity index (χ4v) is 1.44. The van der Waals surface area contributed by atoms with Crippen molar-refractivity contribution in [2.24, 2.45) is 0 Å². The molecular formula is C14H17FO. The minimum absolute atomic E-state index is 0.256. The lowest BCUT2D eigenvalue weighted by Gasteiger charge is -2.07. The number of hydrogen-bond donors (Lipinski definition) is 0. The van der Waals surface area contributed by atoms with Crippen molar-refractivity contribution < 1.29 is 9.13 Å². The minimum Gasteiger partial charge on any atom is -0.490 e. The lowest BCUT2D eigenvalue weighted by Crippen LogP contribution is -2.00. The number of rotatable bonds is 6. The summed E-state index contributed by atoms with van der Waals surface area (Å²) in [6.07, 6.45) is 9.61. The molecule has 0 heterocycles. The van der Waals surface area contributed by atoms with Crippen LogP contribution in [0.15, 0.2) is 18.2 Å². The van der Waals surface area contributed by atoms with E-state index in [1.807, 2.05) is 0 Å². The summed E-state index contributed by atoms with van der Waals surface area (Å²) in [6, 6.07) is 4.88. The fourth-order valence-electron chi connectivity index (χ4n) is 1.44. The van der Waals surface area contributed by atoms with Crippen molar-refractivity contribution in [3.05, 3.63) is 29.6 Å². The van der Waals surface area contributed by atoms with Gasteiger partial charge in [-0.15, -0.1) is 6.42 Å². The molecule has 0 fully saturated rings. The predicted molar refractivity (Wildman–Crippen MR) is 64.0 cm³/mol. The van der Waals surface area contributed by atoms with Gasteiger partial charge >= 0.3 is 0 Å². The molecule has 86 valence electrons. The fraction of sp³-hybridized carbons (Fsp3) is 0.429. The molecule has 0 aliphatic carbocycles. The van der Waals surface area contributed by atoms with Crippen LogP contribution in [0.5, 0.6) is 5.75 Å². The van der Waals surface area contributed by atoms with Gasteiger partial charge in [-0.2, -0.15) is 0 Å². The maximum Gasteiger partial charge on any atom is 0.180 e. The van der Waals surface area contributed by atoms with Gasteiger partial charge in [0.25, 0.3) is 0 Å². The standard InChI is InChI=1S/C14H17FO/c1-3-5-6-7-11-16-13-10-8-9-12(4-2)14(13)15/h2,8-10H,3,5-7,11H2,1H3. The third kappa shape index (κ3) is 3.58. The molecule has 1 rings (SSSR count). The Morgan fingerprint density at radius 2 is 2.12 bits per heavy atom. The first kappa shape index (κ1) is 12.6. The normalized spacial score (nSPS) is 9.81. The Kier molecular flexibility index (Phi) is 5.42. The second-order valence-corrected chi connectivity index (χ2v) is 3.67. The van der Waals surface area contributed by atoms with Crippen molar-refractivity contribution in [2.75, 3.05) is 6.61 Å². The largest absolute Gasteiger partial charge is 0.490 e. The highest BCUT2D eigenvalue weighted by molar-refractivity contribution is 5.40. The second kappa shape index (κ2) is 6.90. The van der Waals surface area contributed by atoms with Gasteiger partial charge in [-0.1, -0.05) is 38.2 Å². The zero-order chi connectivity index (χ0) is 11.8. The molecule has 0 spiro atoms. The van der Waals surface area contributed by atoms with E-state index in [0.29, 0.717) is 6.61 Å². The Morgan fingerprint density at radius 1 is 1.31 bits per heavy atom. The highest BCUT2D eigenvalue weighted by Gasteiger charge is 2.06. The first-order valence-corrected chi connectivity index (χ1v) is 5.67. The maximum absolute atomic E-state index is 13.6. The first-order valence-electron chi connectivity index (χ1n) is 5.67. The lowest BCUT2D eigenvalue weighted by molar-refractivity contribution is 0.290. The van der Waals surface area contributed by atoms with Gasteiger partial charge in [0.2, 0.25) is 0 Å². The molecule has 1 aromatic rings. The highest BCUT2D eigenvalue weighted by Crippen LogP contribution is 2.20. The summed E-state index contributed by atoms with van der Waals surface area (Å²) in [5, 5.41) is 0. The molecule has 0 amide bonds. The zero-order valence-corrected chi connectivity index (χ0v) is 9.63. The second-order valence-electron chi connectivity index (χ2n) is 3.67. The van der Waals surface area contributed by atoms with E-state index in [0.717, 1.165) is 12.8 Å². The van der Waals surface area contributed by atoms with Crippen molar-refractivity contribution >= 4 is 0 Å². The molecule has 2 heteroatoms. The third-order valence-corrected chi connectivity index (χ3v) is 2.37. The van der Waals surface area contributed by atoms with Crippen molar-refractivity contribution in [3.8, 4) is 18.1 Å². The summed E-state index contributed by atoms with van der Waals surface area (Å²) in [4.78, 5) is 0. The van der Waals surface area contributed by atoms with Gasteiger partial charge in [0.05, 0.1) is 12.2 Å². The van der Waals surface area contributed by atoms with Crippen LogP contribution < -0.4 is 4.74 Å². The molecule has 0 atom stereocenters. The Morgan fingerprint density at radius 3 is 2.81 bits per heavy atom. The Bertz CT molecular complexity index is 365. The van der Waals surface area contributed by atoms with Gasteiger partial charge in [-0.25, -0.2) is 4.39 Å². The van der Waals surface area contributed by atoms with Crippen molar-refractivity contribution in [3.63, 3.8) is 0 Å². The molecule has 0 saturated carbocycles. The van der Waals surface area contributed by atoms with E-state index in [-0.39, 0.29) is 11.3 Å². The van der Waals surface area contributed by atoms with Gasteiger partial charge < -0.3 is 4.74 Å². The molecule has 16 heavy (non-hydrogen) atoms. The van der Waals surface area contributed by atoms with Crippen LogP contribution in [0.2, 0.25) is 0 Å². The lowest BCUT2D eigenvalue weighted by atomic mass is 10.2. The van der Waals surface area contributed by atoms with Gasteiger partial charge in [-0.05, 0) is 18.6 Å².